The summed E-state index contributed by atoms with van der Waals surface area (Å²) in [6, 6.07) is 1.83. The van der Waals surface area contributed by atoms with E-state index in [0.717, 1.165) is 25.3 Å². The molecule has 3 aliphatic rings. The van der Waals surface area contributed by atoms with E-state index in [1.165, 1.54) is 49.7 Å². The second-order valence-electron chi connectivity index (χ2n) is 8.97. The Morgan fingerprint density at radius 2 is 1.64 bits per heavy atom. The number of fused-ring (bicyclic) bond motifs is 2. The maximum atomic E-state index is 9.50. The van der Waals surface area contributed by atoms with Crippen molar-refractivity contribution >= 4 is 17.8 Å². The molecule has 2 aliphatic heterocycles. The number of piperazine rings is 1. The quantitative estimate of drug-likeness (QED) is 0.723. The van der Waals surface area contributed by atoms with Crippen LogP contribution in [0.4, 0.5) is 5.95 Å². The Labute approximate surface area is 170 Å². The zero-order valence-electron chi connectivity index (χ0n) is 18.0. The number of carbonyl (C=O) groups excluding carboxylic acids is 1. The third-order valence-corrected chi connectivity index (χ3v) is 6.04. The van der Waals surface area contributed by atoms with Gasteiger partial charge in [-0.2, -0.15) is 0 Å². The van der Waals surface area contributed by atoms with Gasteiger partial charge in [0.1, 0.15) is 6.29 Å². The molecule has 0 amide bonds. The molecule has 2 fully saturated rings. The van der Waals surface area contributed by atoms with Crippen LogP contribution in [0.15, 0.2) is 18.5 Å². The first kappa shape index (κ1) is 21.0. The van der Waals surface area contributed by atoms with Gasteiger partial charge >= 0.3 is 0 Å². The second kappa shape index (κ2) is 9.64. The van der Waals surface area contributed by atoms with Crippen molar-refractivity contribution in [2.75, 3.05) is 18.0 Å². The number of hydrogen-bond donors (Lipinski definition) is 0. The molecule has 0 aromatic carbocycles. The van der Waals surface area contributed by atoms with Crippen LogP contribution < -0.4 is 4.90 Å². The first-order valence-electron chi connectivity index (χ1n) is 11.0. The fourth-order valence-electron chi connectivity index (χ4n) is 4.40. The van der Waals surface area contributed by atoms with Crippen LogP contribution in [-0.2, 0) is 4.79 Å². The van der Waals surface area contributed by atoms with Gasteiger partial charge in [0.15, 0.2) is 0 Å². The molecule has 4 rings (SSSR count). The highest BCUT2D eigenvalue weighted by Gasteiger charge is 2.41. The summed E-state index contributed by atoms with van der Waals surface area (Å²) >= 11 is 0. The van der Waals surface area contributed by atoms with Gasteiger partial charge in [-0.05, 0) is 57.9 Å². The summed E-state index contributed by atoms with van der Waals surface area (Å²) in [5.74, 6) is 1.15. The Bertz CT molecular complexity index is 654. The first-order valence-corrected chi connectivity index (χ1v) is 11.0. The van der Waals surface area contributed by atoms with E-state index in [0.29, 0.717) is 18.1 Å². The van der Waals surface area contributed by atoms with Crippen molar-refractivity contribution in [1.82, 2.24) is 14.9 Å². The molecule has 0 saturated carbocycles. The summed E-state index contributed by atoms with van der Waals surface area (Å²) in [6.45, 7) is 10.6. The zero-order chi connectivity index (χ0) is 20.1. The van der Waals surface area contributed by atoms with Gasteiger partial charge in [0, 0.05) is 55.1 Å². The SMILES string of the molecule is CC(C)C=O.CC(C)N1CC2CCC(C1)N2c1ncc(C2=CCCCC2)cn1. The highest BCUT2D eigenvalue weighted by molar-refractivity contribution is 5.65. The number of rotatable bonds is 4. The van der Waals surface area contributed by atoms with Gasteiger partial charge < -0.3 is 9.69 Å². The topological polar surface area (TPSA) is 49.3 Å². The molecule has 5 nitrogen and oxygen atoms in total. The Balaban J connectivity index is 0.000000403. The standard InChI is InChI=1S/C19H28N4.C4H8O/c1-14(2)22-12-17-8-9-18(13-22)23(17)19-20-10-16(11-21-19)15-6-4-3-5-7-15;1-4(2)3-5/h6,10-11,14,17-18H,3-5,7-9,12-13H2,1-2H3;3-4H,1-2H3. The minimum Gasteiger partial charge on any atom is -0.332 e. The molecule has 2 saturated heterocycles. The third-order valence-electron chi connectivity index (χ3n) is 6.04. The largest absolute Gasteiger partial charge is 0.332 e. The Kier molecular flexibility index (Phi) is 7.22. The lowest BCUT2D eigenvalue weighted by atomic mass is 9.95. The Morgan fingerprint density at radius 1 is 1.04 bits per heavy atom. The molecule has 1 aliphatic carbocycles. The molecule has 2 bridgehead atoms. The van der Waals surface area contributed by atoms with E-state index >= 15 is 0 Å². The van der Waals surface area contributed by atoms with Gasteiger partial charge in [-0.1, -0.05) is 19.9 Å². The number of hydrogen-bond acceptors (Lipinski definition) is 5. The van der Waals surface area contributed by atoms with Crippen LogP contribution in [0.25, 0.3) is 5.57 Å². The van der Waals surface area contributed by atoms with E-state index in [2.05, 4.69) is 29.7 Å². The van der Waals surface area contributed by atoms with Gasteiger partial charge in [-0.3, -0.25) is 4.90 Å². The summed E-state index contributed by atoms with van der Waals surface area (Å²) in [4.78, 5) is 24.1. The van der Waals surface area contributed by atoms with Crippen LogP contribution in [0.1, 0.15) is 71.8 Å². The molecule has 28 heavy (non-hydrogen) atoms. The van der Waals surface area contributed by atoms with Crippen LogP contribution in [0.5, 0.6) is 0 Å². The molecule has 3 heterocycles. The normalized spacial score (nSPS) is 24.8. The highest BCUT2D eigenvalue weighted by Crippen LogP contribution is 2.34. The number of likely N-dealkylation sites (tertiary alicyclic amines) is 1. The highest BCUT2D eigenvalue weighted by atomic mass is 16.1. The van der Waals surface area contributed by atoms with Gasteiger partial charge in [0.05, 0.1) is 0 Å². The number of aldehydes is 1. The zero-order valence-corrected chi connectivity index (χ0v) is 18.0. The van der Waals surface area contributed by atoms with Crippen LogP contribution in [0.2, 0.25) is 0 Å². The summed E-state index contributed by atoms with van der Waals surface area (Å²) in [6.07, 6.45) is 15.0. The molecule has 0 N–H and O–H groups in total. The maximum absolute atomic E-state index is 9.50. The smallest absolute Gasteiger partial charge is 0.225 e. The number of aromatic nitrogens is 2. The molecule has 154 valence electrons. The van der Waals surface area contributed by atoms with E-state index < -0.39 is 0 Å². The van der Waals surface area contributed by atoms with E-state index in [1.807, 2.05) is 26.2 Å². The van der Waals surface area contributed by atoms with Crippen LogP contribution in [-0.4, -0.2) is 52.4 Å². The molecule has 2 unspecified atom stereocenters. The molecule has 2 atom stereocenters. The van der Waals surface area contributed by atoms with Crippen molar-refractivity contribution in [2.24, 2.45) is 5.92 Å². The van der Waals surface area contributed by atoms with E-state index in [-0.39, 0.29) is 5.92 Å². The lowest BCUT2D eigenvalue weighted by molar-refractivity contribution is -0.110. The van der Waals surface area contributed by atoms with Gasteiger partial charge in [0.25, 0.3) is 0 Å². The minimum absolute atomic E-state index is 0.204. The second-order valence-corrected chi connectivity index (χ2v) is 8.97. The fraction of sp³-hybridized carbons (Fsp3) is 0.696. The van der Waals surface area contributed by atoms with Gasteiger partial charge in [-0.15, -0.1) is 0 Å². The van der Waals surface area contributed by atoms with Crippen molar-refractivity contribution in [3.05, 3.63) is 24.0 Å². The number of nitrogens with zero attached hydrogens (tertiary/aromatic N) is 4. The monoisotopic (exact) mass is 384 g/mol. The van der Waals surface area contributed by atoms with Crippen molar-refractivity contribution < 1.29 is 4.79 Å². The van der Waals surface area contributed by atoms with Gasteiger partial charge in [0.2, 0.25) is 5.95 Å². The molecule has 1 aromatic rings. The predicted molar refractivity (Wildman–Crippen MR) is 115 cm³/mol. The fourth-order valence-corrected chi connectivity index (χ4v) is 4.40. The van der Waals surface area contributed by atoms with Crippen molar-refractivity contribution in [3.63, 3.8) is 0 Å². The number of allylic oxidation sites excluding steroid dienone is 2. The van der Waals surface area contributed by atoms with Crippen LogP contribution in [0.3, 0.4) is 0 Å². The first-order chi connectivity index (χ1) is 13.5. The lowest BCUT2D eigenvalue weighted by Crippen LogP contribution is -2.56. The van der Waals surface area contributed by atoms with E-state index in [9.17, 15) is 4.79 Å². The Morgan fingerprint density at radius 3 is 2.11 bits per heavy atom. The lowest BCUT2D eigenvalue weighted by Gasteiger charge is -2.42. The summed E-state index contributed by atoms with van der Waals surface area (Å²) < 4.78 is 0. The molecule has 5 heteroatoms. The molecular formula is C23H36N4O. The average molecular weight is 385 g/mol. The molecule has 0 radical (unpaired) electrons. The van der Waals surface area contributed by atoms with Crippen LogP contribution >= 0.6 is 0 Å². The van der Waals surface area contributed by atoms with Crippen molar-refractivity contribution in [2.45, 2.75) is 84.3 Å². The Hall–Kier alpha value is -1.75. The molecule has 1 aromatic heterocycles. The summed E-state index contributed by atoms with van der Waals surface area (Å²) in [7, 11) is 0. The number of anilines is 1. The third kappa shape index (κ3) is 4.99. The van der Waals surface area contributed by atoms with Crippen molar-refractivity contribution in [3.8, 4) is 0 Å². The summed E-state index contributed by atoms with van der Waals surface area (Å²) in [5.41, 5.74) is 2.66. The van der Waals surface area contributed by atoms with E-state index in [1.54, 1.807) is 0 Å². The molecular weight excluding hydrogens is 348 g/mol. The maximum Gasteiger partial charge on any atom is 0.225 e. The number of carbonyl (C=O) groups is 1. The summed E-state index contributed by atoms with van der Waals surface area (Å²) in [5, 5.41) is 0. The van der Waals surface area contributed by atoms with E-state index in [4.69, 9.17) is 9.97 Å². The minimum atomic E-state index is 0.204. The molecule has 0 spiro atoms. The van der Waals surface area contributed by atoms with Crippen LogP contribution in [0, 0.1) is 5.92 Å². The van der Waals surface area contributed by atoms with Crippen molar-refractivity contribution in [1.29, 1.82) is 0 Å². The predicted octanol–water partition coefficient (Wildman–Crippen LogP) is 4.34. The average Bonchev–Trinajstić information content (AvgIpc) is 2.98. The van der Waals surface area contributed by atoms with Gasteiger partial charge in [-0.25, -0.2) is 9.97 Å².